The molecule has 1 aliphatic heterocycles. The van der Waals surface area contributed by atoms with Gasteiger partial charge in [-0.05, 0) is 49.7 Å². The van der Waals surface area contributed by atoms with Gasteiger partial charge >= 0.3 is 0 Å². The molecule has 0 radical (unpaired) electrons. The van der Waals surface area contributed by atoms with Gasteiger partial charge in [0.1, 0.15) is 5.75 Å². The van der Waals surface area contributed by atoms with E-state index in [4.69, 9.17) is 14.3 Å². The van der Waals surface area contributed by atoms with Crippen molar-refractivity contribution in [1.29, 1.82) is 0 Å². The van der Waals surface area contributed by atoms with Gasteiger partial charge < -0.3 is 19.4 Å². The van der Waals surface area contributed by atoms with Gasteiger partial charge in [-0.1, -0.05) is 12.1 Å². The number of sulfonamides is 1. The predicted molar refractivity (Wildman–Crippen MR) is 122 cm³/mol. The molecular weight excluding hydrogens is 414 g/mol. The molecule has 1 fully saturated rings. The lowest BCUT2D eigenvalue weighted by molar-refractivity contribution is 0.406. The number of methoxy groups -OCH3 is 1. The van der Waals surface area contributed by atoms with Gasteiger partial charge in [0.15, 0.2) is 0 Å². The molecule has 0 spiro atoms. The van der Waals surface area contributed by atoms with E-state index < -0.39 is 10.0 Å². The Morgan fingerprint density at radius 2 is 1.84 bits per heavy atom. The van der Waals surface area contributed by atoms with Crippen LogP contribution in [0.2, 0.25) is 0 Å². The Hall–Kier alpha value is -2.81. The Bertz CT molecular complexity index is 1170. The molecule has 4 rings (SSSR count). The first kappa shape index (κ1) is 21.4. The zero-order valence-electron chi connectivity index (χ0n) is 17.8. The number of nitrogens with one attached hydrogen (secondary N) is 1. The number of benzene rings is 2. The van der Waals surface area contributed by atoms with Gasteiger partial charge in [0, 0.05) is 47.6 Å². The number of nitrogens with two attached hydrogens (primary N) is 1. The Morgan fingerprint density at radius 3 is 2.45 bits per heavy atom. The summed E-state index contributed by atoms with van der Waals surface area (Å²) in [5.41, 5.74) is 3.63. The number of piperazine rings is 1. The first-order chi connectivity index (χ1) is 14.8. The highest BCUT2D eigenvalue weighted by Gasteiger charge is 2.25. The van der Waals surface area contributed by atoms with Crippen LogP contribution in [0.15, 0.2) is 64.3 Å². The molecule has 2 heterocycles. The number of hydrogen-bond donors (Lipinski definition) is 2. The van der Waals surface area contributed by atoms with Gasteiger partial charge in [0.05, 0.1) is 24.5 Å². The normalized spacial score (nSPS) is 19.4. The molecule has 3 aromatic rings. The lowest BCUT2D eigenvalue weighted by atomic mass is 9.94. The summed E-state index contributed by atoms with van der Waals surface area (Å²) in [6.45, 7) is 6.00. The quantitative estimate of drug-likeness (QED) is 0.629. The Kier molecular flexibility index (Phi) is 5.79. The fraction of sp³-hybridized carbons (Fsp3) is 0.304. The summed E-state index contributed by atoms with van der Waals surface area (Å²) in [6.07, 6.45) is 3.14. The minimum atomic E-state index is -3.99. The number of anilines is 1. The van der Waals surface area contributed by atoms with E-state index in [1.165, 1.54) is 6.07 Å². The molecule has 0 amide bonds. The zero-order chi connectivity index (χ0) is 22.2. The maximum absolute atomic E-state index is 12.5. The molecule has 8 heteroatoms. The molecule has 164 valence electrons. The molecule has 0 unspecified atom stereocenters. The molecular formula is C23H27N3O4S. The van der Waals surface area contributed by atoms with Gasteiger partial charge in [-0.25, -0.2) is 13.6 Å². The summed E-state index contributed by atoms with van der Waals surface area (Å²) in [5, 5.41) is 9.15. The van der Waals surface area contributed by atoms with Crippen LogP contribution in [-0.2, 0) is 10.0 Å². The van der Waals surface area contributed by atoms with Crippen molar-refractivity contribution in [1.82, 2.24) is 5.32 Å². The lowest BCUT2D eigenvalue weighted by Gasteiger charge is -2.38. The Morgan fingerprint density at radius 1 is 1.10 bits per heavy atom. The van der Waals surface area contributed by atoms with E-state index in [0.717, 1.165) is 24.3 Å². The van der Waals surface area contributed by atoms with Gasteiger partial charge in [-0.15, -0.1) is 0 Å². The van der Waals surface area contributed by atoms with E-state index in [2.05, 4.69) is 24.1 Å². The Balaban J connectivity index is 1.95. The average Bonchev–Trinajstić information content (AvgIpc) is 3.26. The number of hydrogen-bond acceptors (Lipinski definition) is 6. The summed E-state index contributed by atoms with van der Waals surface area (Å²) in [4.78, 5) is 2.34. The van der Waals surface area contributed by atoms with Crippen LogP contribution in [0.1, 0.15) is 13.8 Å². The number of ether oxygens (including phenoxy) is 1. The highest BCUT2D eigenvalue weighted by molar-refractivity contribution is 7.89. The molecule has 2 aromatic carbocycles. The maximum Gasteiger partial charge on any atom is 0.238 e. The van der Waals surface area contributed by atoms with Crippen LogP contribution in [0, 0.1) is 0 Å². The molecule has 1 aliphatic rings. The minimum absolute atomic E-state index is 0.0451. The number of furan rings is 1. The predicted octanol–water partition coefficient (Wildman–Crippen LogP) is 3.46. The molecule has 0 saturated carbocycles. The van der Waals surface area contributed by atoms with E-state index in [0.29, 0.717) is 34.5 Å². The molecule has 31 heavy (non-hydrogen) atoms. The summed E-state index contributed by atoms with van der Waals surface area (Å²) in [5.74, 6) is 0.570. The van der Waals surface area contributed by atoms with Crippen molar-refractivity contribution < 1.29 is 17.6 Å². The number of rotatable bonds is 5. The molecule has 7 nitrogen and oxygen atoms in total. The van der Waals surface area contributed by atoms with Crippen molar-refractivity contribution in [2.24, 2.45) is 5.14 Å². The van der Waals surface area contributed by atoms with Crippen LogP contribution in [0.3, 0.4) is 0 Å². The highest BCUT2D eigenvalue weighted by Crippen LogP contribution is 2.43. The second kappa shape index (κ2) is 8.37. The van der Waals surface area contributed by atoms with Crippen LogP contribution in [0.4, 0.5) is 5.69 Å². The third-order valence-corrected chi connectivity index (χ3v) is 6.49. The molecule has 1 saturated heterocycles. The standard InChI is InChI=1S/C23H27N3O4S/c1-15-12-26(13-16(2)25-15)18-7-8-21(29-3)20(11-18)23-19(17-9-10-30-14-17)5-4-6-22(23)31(24,27)28/h4-11,14-16,25H,12-13H2,1-3H3,(H2,24,27,28)/t15-,16+. The van der Waals surface area contributed by atoms with Crippen molar-refractivity contribution in [3.05, 3.63) is 55.0 Å². The monoisotopic (exact) mass is 441 g/mol. The first-order valence-electron chi connectivity index (χ1n) is 10.2. The largest absolute Gasteiger partial charge is 0.496 e. The van der Waals surface area contributed by atoms with Crippen LogP contribution < -0.4 is 20.1 Å². The van der Waals surface area contributed by atoms with Crippen molar-refractivity contribution in [2.75, 3.05) is 25.1 Å². The number of nitrogens with zero attached hydrogens (tertiary/aromatic N) is 1. The second-order valence-corrected chi connectivity index (χ2v) is 9.52. The molecule has 0 aliphatic carbocycles. The van der Waals surface area contributed by atoms with Crippen LogP contribution in [0.25, 0.3) is 22.3 Å². The van der Waals surface area contributed by atoms with Crippen LogP contribution >= 0.6 is 0 Å². The average molecular weight is 442 g/mol. The fourth-order valence-electron chi connectivity index (χ4n) is 4.33. The molecule has 0 bridgehead atoms. The van der Waals surface area contributed by atoms with E-state index in [-0.39, 0.29) is 4.90 Å². The third kappa shape index (κ3) is 4.32. The fourth-order valence-corrected chi connectivity index (χ4v) is 5.10. The SMILES string of the molecule is COc1ccc(N2C[C@@H](C)N[C@@H](C)C2)cc1-c1c(-c2ccoc2)cccc1S(N)(=O)=O. The smallest absolute Gasteiger partial charge is 0.238 e. The van der Waals surface area contributed by atoms with Gasteiger partial charge in [-0.2, -0.15) is 0 Å². The van der Waals surface area contributed by atoms with Crippen molar-refractivity contribution in [2.45, 2.75) is 30.8 Å². The van der Waals surface area contributed by atoms with Crippen molar-refractivity contribution >= 4 is 15.7 Å². The first-order valence-corrected chi connectivity index (χ1v) is 11.7. The second-order valence-electron chi connectivity index (χ2n) is 7.99. The summed E-state index contributed by atoms with van der Waals surface area (Å²) in [7, 11) is -2.41. The lowest BCUT2D eigenvalue weighted by Crippen LogP contribution is -2.54. The molecule has 3 N–H and O–H groups in total. The molecule has 1 aromatic heterocycles. The van der Waals surface area contributed by atoms with Crippen molar-refractivity contribution in [3.8, 4) is 28.0 Å². The van der Waals surface area contributed by atoms with E-state index in [1.807, 2.05) is 24.3 Å². The Labute approximate surface area is 182 Å². The number of primary sulfonamides is 1. The van der Waals surface area contributed by atoms with E-state index >= 15 is 0 Å². The van der Waals surface area contributed by atoms with E-state index in [1.54, 1.807) is 31.8 Å². The zero-order valence-corrected chi connectivity index (χ0v) is 18.6. The third-order valence-electron chi connectivity index (χ3n) is 5.54. The van der Waals surface area contributed by atoms with Gasteiger partial charge in [0.25, 0.3) is 0 Å². The van der Waals surface area contributed by atoms with Crippen LogP contribution in [-0.4, -0.2) is 40.7 Å². The van der Waals surface area contributed by atoms with Gasteiger partial charge in [0.2, 0.25) is 10.0 Å². The minimum Gasteiger partial charge on any atom is -0.496 e. The maximum atomic E-state index is 12.5. The summed E-state index contributed by atoms with van der Waals surface area (Å²) in [6, 6.07) is 13.4. The molecule has 2 atom stereocenters. The summed E-state index contributed by atoms with van der Waals surface area (Å²) < 4.78 is 35.9. The van der Waals surface area contributed by atoms with Crippen LogP contribution in [0.5, 0.6) is 5.75 Å². The van der Waals surface area contributed by atoms with Crippen molar-refractivity contribution in [3.63, 3.8) is 0 Å². The van der Waals surface area contributed by atoms with E-state index in [9.17, 15) is 8.42 Å². The van der Waals surface area contributed by atoms with Gasteiger partial charge in [-0.3, -0.25) is 0 Å². The topological polar surface area (TPSA) is 97.8 Å². The highest BCUT2D eigenvalue weighted by atomic mass is 32.2. The summed E-state index contributed by atoms with van der Waals surface area (Å²) >= 11 is 0.